The van der Waals surface area contributed by atoms with Crippen molar-refractivity contribution in [2.75, 3.05) is 0 Å². The van der Waals surface area contributed by atoms with Gasteiger partial charge in [-0.25, -0.2) is 0 Å². The molecule has 0 N–H and O–H groups in total. The van der Waals surface area contributed by atoms with Gasteiger partial charge in [-0.3, -0.25) is 0 Å². The van der Waals surface area contributed by atoms with E-state index in [2.05, 4.69) is 178 Å². The first kappa shape index (κ1) is 48.5. The monoisotopic (exact) mass is 874 g/mol. The van der Waals surface area contributed by atoms with Gasteiger partial charge in [0.05, 0.1) is 0 Å². The van der Waals surface area contributed by atoms with Crippen LogP contribution in [-0.2, 0) is 23.3 Å². The summed E-state index contributed by atoms with van der Waals surface area (Å²) in [5.74, 6) is 0. The Balaban J connectivity index is 0.000000304. The van der Waals surface area contributed by atoms with Gasteiger partial charge in [-0.05, 0) is 49.7 Å². The summed E-state index contributed by atoms with van der Waals surface area (Å²) >= 11 is 1.29. The molecule has 7 heteroatoms. The van der Waals surface area contributed by atoms with Gasteiger partial charge in [-0.2, -0.15) is 0 Å². The molecule has 0 nitrogen and oxygen atoms in total. The molecule has 0 atom stereocenters. The summed E-state index contributed by atoms with van der Waals surface area (Å²) in [6, 6.07) is 26.9. The second-order valence-electron chi connectivity index (χ2n) is 16.7. The largest absolute Gasteiger partial charge is 1.00 e. The molecule has 55 heavy (non-hydrogen) atoms. The number of hydrogen-bond acceptors (Lipinski definition) is 0. The fraction of sp³-hybridized carbons (Fsp3) is 0.333. The molecule has 0 saturated heterocycles. The van der Waals surface area contributed by atoms with Crippen molar-refractivity contribution < 1.29 is 61.3 Å². The Bertz CT molecular complexity index is 2130. The third-order valence-corrected chi connectivity index (χ3v) is 11.2. The number of allylic oxidation sites excluding steroid dienone is 4. The zero-order valence-electron chi connectivity index (χ0n) is 34.0. The molecule has 0 unspecified atom stereocenters. The summed E-state index contributed by atoms with van der Waals surface area (Å²) in [6.45, 7) is 23.9. The molecule has 290 valence electrons. The predicted molar refractivity (Wildman–Crippen MR) is 219 cm³/mol. The molecule has 2 aliphatic rings. The number of rotatable bonds is 4. The minimum absolute atomic E-state index is 0. The zero-order chi connectivity index (χ0) is 39.3. The SMILES string of the molecule is C[Si](=[Zr+2])CCC(F)(F)F.Cc1cc(C)cc(-c2cccc3c2=CC(=CC(C)(C)C)[C-]=3)c1.Cc1cc(C)cc(-c2cccc3c2=CC(=CC(C)(C)C)[C-]=3)c1.[Cl-].[Cl-]. The summed E-state index contributed by atoms with van der Waals surface area (Å²) in [7, 11) is 0. The van der Waals surface area contributed by atoms with Crippen LogP contribution in [0.4, 0.5) is 13.2 Å². The van der Waals surface area contributed by atoms with Gasteiger partial charge in [-0.15, -0.1) is 80.6 Å². The van der Waals surface area contributed by atoms with Crippen molar-refractivity contribution in [1.82, 2.24) is 0 Å². The fourth-order valence-electron chi connectivity index (χ4n) is 6.54. The Morgan fingerprint density at radius 1 is 0.600 bits per heavy atom. The van der Waals surface area contributed by atoms with Crippen molar-refractivity contribution in [3.63, 3.8) is 0 Å². The molecular formula is C48H53Cl2F3SiZr-2. The summed E-state index contributed by atoms with van der Waals surface area (Å²) in [5.41, 5.74) is 12.6. The molecule has 0 aromatic heterocycles. The average molecular weight is 877 g/mol. The smallest absolute Gasteiger partial charge is 0.0254 e. The maximum atomic E-state index is 11.4. The van der Waals surface area contributed by atoms with Gasteiger partial charge < -0.3 is 24.8 Å². The van der Waals surface area contributed by atoms with Gasteiger partial charge in [0.1, 0.15) is 0 Å². The second kappa shape index (κ2) is 20.1. The standard InChI is InChI=1S/2C22H23.C4H7F3Si.2ClH.Zr/c2*1-15-9-16(2)11-19(10-15)20-8-6-7-18-12-17(13-21(18)20)14-22(3,4)5;1-8-3-2-4(5,6)7;;;/h2*6-11,13-14H,1-5H3;2-3H2,1H3;2*1H;/q2*-1;;;;+2/p-2. The van der Waals surface area contributed by atoms with E-state index in [9.17, 15) is 13.2 Å². The minimum Gasteiger partial charge on any atom is -1.00 e. The third kappa shape index (κ3) is 15.6. The number of benzene rings is 4. The fourth-order valence-corrected chi connectivity index (χ4v) is 8.12. The van der Waals surface area contributed by atoms with E-state index in [1.807, 2.05) is 6.55 Å². The van der Waals surface area contributed by atoms with E-state index in [-0.39, 0.29) is 35.6 Å². The maximum Gasteiger partial charge on any atom is -0.0254 e. The summed E-state index contributed by atoms with van der Waals surface area (Å²) in [6.07, 6.45) is 11.7. The third-order valence-electron chi connectivity index (χ3n) is 8.40. The number of aryl methyl sites for hydroxylation is 4. The van der Waals surface area contributed by atoms with E-state index < -0.39 is 18.0 Å². The van der Waals surface area contributed by atoms with Gasteiger partial charge in [0.2, 0.25) is 0 Å². The van der Waals surface area contributed by atoms with Crippen molar-refractivity contribution in [3.05, 3.63) is 139 Å². The van der Waals surface area contributed by atoms with Gasteiger partial charge in [0, 0.05) is 0 Å². The van der Waals surface area contributed by atoms with Crippen molar-refractivity contribution >= 4 is 29.7 Å². The van der Waals surface area contributed by atoms with Crippen LogP contribution in [0.5, 0.6) is 0 Å². The maximum absolute atomic E-state index is 11.4. The molecule has 0 radical (unpaired) electrons. The normalized spacial score (nSPS) is 14.3. The quantitative estimate of drug-likeness (QED) is 0.203. The van der Waals surface area contributed by atoms with E-state index in [1.165, 1.54) is 99.9 Å². The van der Waals surface area contributed by atoms with Crippen LogP contribution >= 0.6 is 0 Å². The number of halogens is 5. The number of hydrogen-bond donors (Lipinski definition) is 0. The molecule has 0 amide bonds. The molecule has 2 aliphatic carbocycles. The van der Waals surface area contributed by atoms with Crippen LogP contribution in [0.1, 0.15) is 70.2 Å². The molecule has 0 spiro atoms. The molecule has 0 fully saturated rings. The van der Waals surface area contributed by atoms with Crippen LogP contribution in [-0.4, -0.2) is 11.6 Å². The van der Waals surface area contributed by atoms with Gasteiger partial charge >= 0.3 is 67.1 Å². The topological polar surface area (TPSA) is 0 Å². The van der Waals surface area contributed by atoms with Crippen molar-refractivity contribution in [1.29, 1.82) is 0 Å². The Morgan fingerprint density at radius 2 is 0.945 bits per heavy atom. The second-order valence-corrected chi connectivity index (χ2v) is 25.0. The number of fused-ring (bicyclic) bond motifs is 2. The van der Waals surface area contributed by atoms with Gasteiger partial charge in [0.25, 0.3) is 0 Å². The average Bonchev–Trinajstić information content (AvgIpc) is 3.60. The van der Waals surface area contributed by atoms with E-state index in [0.29, 0.717) is 6.04 Å². The molecule has 0 bridgehead atoms. The first-order valence-electron chi connectivity index (χ1n) is 18.3. The van der Waals surface area contributed by atoms with E-state index in [0.717, 1.165) is 0 Å². The summed E-state index contributed by atoms with van der Waals surface area (Å²) in [4.78, 5) is 0. The zero-order valence-corrected chi connectivity index (χ0v) is 39.0. The van der Waals surface area contributed by atoms with Gasteiger partial charge in [-0.1, -0.05) is 136 Å². The first-order valence-corrected chi connectivity index (χ1v) is 24.2. The minimum atomic E-state index is -3.93. The Kier molecular flexibility index (Phi) is 17.7. The molecule has 4 aromatic rings. The molecule has 4 aromatic carbocycles. The van der Waals surface area contributed by atoms with Crippen LogP contribution in [0.2, 0.25) is 12.6 Å². The Morgan fingerprint density at radius 3 is 1.22 bits per heavy atom. The first-order chi connectivity index (χ1) is 24.5. The van der Waals surface area contributed by atoms with Crippen LogP contribution in [0.25, 0.3) is 46.6 Å². The molecular weight excluding hydrogens is 824 g/mol. The summed E-state index contributed by atoms with van der Waals surface area (Å²) in [5, 5.41) is 4.99. The number of alkyl halides is 3. The Hall–Kier alpha value is -2.69. The molecule has 6 rings (SSSR count). The van der Waals surface area contributed by atoms with E-state index in [4.69, 9.17) is 0 Å². The summed E-state index contributed by atoms with van der Waals surface area (Å²) < 4.78 is 34.3. The van der Waals surface area contributed by atoms with Crippen molar-refractivity contribution in [2.24, 2.45) is 10.8 Å². The Labute approximate surface area is 355 Å². The van der Waals surface area contributed by atoms with E-state index >= 15 is 0 Å². The van der Waals surface area contributed by atoms with Crippen LogP contribution in [0.3, 0.4) is 0 Å². The predicted octanol–water partition coefficient (Wildman–Crippen LogP) is 4.90. The molecule has 0 saturated carbocycles. The van der Waals surface area contributed by atoms with E-state index in [1.54, 1.807) is 0 Å². The van der Waals surface area contributed by atoms with Crippen molar-refractivity contribution in [2.45, 2.75) is 94.4 Å². The molecule has 0 heterocycles. The van der Waals surface area contributed by atoms with Crippen LogP contribution in [0.15, 0.2) is 96.1 Å². The van der Waals surface area contributed by atoms with Crippen LogP contribution in [0, 0.1) is 38.5 Å². The van der Waals surface area contributed by atoms with Gasteiger partial charge in [0.15, 0.2) is 0 Å². The van der Waals surface area contributed by atoms with Crippen LogP contribution < -0.4 is 45.7 Å². The molecule has 0 aliphatic heterocycles. The van der Waals surface area contributed by atoms with Crippen molar-refractivity contribution in [3.8, 4) is 22.3 Å².